The second-order valence-electron chi connectivity index (χ2n) is 6.26. The first-order valence-corrected chi connectivity index (χ1v) is 8.36. The third-order valence-corrected chi connectivity index (χ3v) is 4.71. The summed E-state index contributed by atoms with van der Waals surface area (Å²) in [4.78, 5) is 4.87. The fraction of sp³-hybridized carbons (Fsp3) is 0.0455. The summed E-state index contributed by atoms with van der Waals surface area (Å²) in [6, 6.07) is 26.3. The Kier molecular flexibility index (Phi) is 3.01. The van der Waals surface area contributed by atoms with Gasteiger partial charge in [0.2, 0.25) is 0 Å². The van der Waals surface area contributed by atoms with Crippen LogP contribution in [0.15, 0.2) is 78.9 Å². The molecule has 3 aromatic carbocycles. The van der Waals surface area contributed by atoms with Gasteiger partial charge in [0.25, 0.3) is 0 Å². The van der Waals surface area contributed by atoms with Gasteiger partial charge in [0.05, 0.1) is 22.2 Å². The van der Waals surface area contributed by atoms with E-state index in [0.717, 1.165) is 33.1 Å². The van der Waals surface area contributed by atoms with Crippen LogP contribution < -0.4 is 0 Å². The molecule has 0 aliphatic heterocycles. The molecule has 2 aromatic heterocycles. The molecular weight excluding hydrogens is 308 g/mol. The first-order chi connectivity index (χ1) is 12.3. The quantitative estimate of drug-likeness (QED) is 0.499. The van der Waals surface area contributed by atoms with E-state index in [1.54, 1.807) is 0 Å². The van der Waals surface area contributed by atoms with Crippen molar-refractivity contribution in [3.8, 4) is 5.75 Å². The SMILES string of the molecule is Oc1c2ccccc2n2c1c(Cc1ccccc1)nc1ccccc12. The van der Waals surface area contributed by atoms with Crippen LogP contribution in [0.4, 0.5) is 0 Å². The van der Waals surface area contributed by atoms with Gasteiger partial charge < -0.3 is 9.51 Å². The van der Waals surface area contributed by atoms with E-state index >= 15 is 0 Å². The Hall–Kier alpha value is -3.33. The summed E-state index contributed by atoms with van der Waals surface area (Å²) >= 11 is 0. The first-order valence-electron chi connectivity index (χ1n) is 8.36. The molecule has 5 aromatic rings. The number of hydrogen-bond donors (Lipinski definition) is 1. The van der Waals surface area contributed by atoms with Gasteiger partial charge in [0.1, 0.15) is 5.52 Å². The molecule has 120 valence electrons. The number of aromatic nitrogens is 2. The minimum absolute atomic E-state index is 0.305. The lowest BCUT2D eigenvalue weighted by Gasteiger charge is -2.09. The molecule has 0 aliphatic rings. The molecule has 0 amide bonds. The average Bonchev–Trinajstić information content (AvgIpc) is 2.97. The zero-order valence-corrected chi connectivity index (χ0v) is 13.6. The van der Waals surface area contributed by atoms with E-state index in [1.165, 1.54) is 5.56 Å². The topological polar surface area (TPSA) is 37.5 Å². The Labute approximate surface area is 144 Å². The van der Waals surface area contributed by atoms with Crippen molar-refractivity contribution in [1.29, 1.82) is 0 Å². The van der Waals surface area contributed by atoms with Crippen molar-refractivity contribution in [1.82, 2.24) is 9.38 Å². The molecule has 3 nitrogen and oxygen atoms in total. The standard InChI is InChI=1S/C22H16N2O/c25-22-16-10-4-6-12-19(16)24-20-13-7-5-11-17(20)23-18(21(22)24)14-15-8-2-1-3-9-15/h1-13,25H,14H2. The van der Waals surface area contributed by atoms with Gasteiger partial charge in [-0.25, -0.2) is 4.98 Å². The van der Waals surface area contributed by atoms with Gasteiger partial charge in [0.15, 0.2) is 5.75 Å². The summed E-state index contributed by atoms with van der Waals surface area (Å²) in [5.74, 6) is 0.305. The minimum Gasteiger partial charge on any atom is -0.505 e. The molecule has 5 rings (SSSR count). The van der Waals surface area contributed by atoms with E-state index in [4.69, 9.17) is 4.98 Å². The molecule has 3 heteroatoms. The summed E-state index contributed by atoms with van der Waals surface area (Å²) in [7, 11) is 0. The maximum Gasteiger partial charge on any atom is 0.150 e. The van der Waals surface area contributed by atoms with Crippen molar-refractivity contribution in [3.63, 3.8) is 0 Å². The second kappa shape index (κ2) is 5.35. The first kappa shape index (κ1) is 14.1. The highest BCUT2D eigenvalue weighted by Crippen LogP contribution is 2.36. The summed E-state index contributed by atoms with van der Waals surface area (Å²) in [6.07, 6.45) is 0.680. The van der Waals surface area contributed by atoms with E-state index in [-0.39, 0.29) is 0 Å². The number of nitrogens with zero attached hydrogens (tertiary/aromatic N) is 2. The number of aromatic hydroxyl groups is 1. The molecule has 0 bridgehead atoms. The highest BCUT2D eigenvalue weighted by Gasteiger charge is 2.18. The molecule has 0 saturated heterocycles. The van der Waals surface area contributed by atoms with E-state index in [1.807, 2.05) is 66.7 Å². The molecular formula is C22H16N2O. The van der Waals surface area contributed by atoms with Gasteiger partial charge in [-0.15, -0.1) is 0 Å². The largest absolute Gasteiger partial charge is 0.505 e. The predicted octanol–water partition coefficient (Wildman–Crippen LogP) is 4.94. The molecule has 0 unspecified atom stereocenters. The normalized spacial score (nSPS) is 11.5. The second-order valence-corrected chi connectivity index (χ2v) is 6.26. The minimum atomic E-state index is 0.305. The number of fused-ring (bicyclic) bond motifs is 5. The third-order valence-electron chi connectivity index (χ3n) is 4.71. The average molecular weight is 324 g/mol. The Balaban J connectivity index is 1.93. The number of hydrogen-bond acceptors (Lipinski definition) is 2. The van der Waals surface area contributed by atoms with Crippen molar-refractivity contribution in [2.45, 2.75) is 6.42 Å². The lowest BCUT2D eigenvalue weighted by Crippen LogP contribution is -1.99. The van der Waals surface area contributed by atoms with Crippen LogP contribution >= 0.6 is 0 Å². The van der Waals surface area contributed by atoms with E-state index in [0.29, 0.717) is 12.2 Å². The summed E-state index contributed by atoms with van der Waals surface area (Å²) in [6.45, 7) is 0. The van der Waals surface area contributed by atoms with Crippen LogP contribution in [0.25, 0.3) is 27.5 Å². The summed E-state index contributed by atoms with van der Waals surface area (Å²) in [5.41, 5.74) is 5.80. The number of benzene rings is 3. The Morgan fingerprint density at radius 1 is 0.760 bits per heavy atom. The Bertz CT molecular complexity index is 1220. The molecule has 25 heavy (non-hydrogen) atoms. The van der Waals surface area contributed by atoms with Crippen molar-refractivity contribution < 1.29 is 5.11 Å². The van der Waals surface area contributed by atoms with E-state index < -0.39 is 0 Å². The van der Waals surface area contributed by atoms with Crippen LogP contribution in [-0.2, 0) is 6.42 Å². The number of para-hydroxylation sites is 3. The Morgan fingerprint density at radius 3 is 2.28 bits per heavy atom. The third kappa shape index (κ3) is 2.09. The zero-order chi connectivity index (χ0) is 16.8. The van der Waals surface area contributed by atoms with Crippen LogP contribution in [0, 0.1) is 0 Å². The molecule has 0 atom stereocenters. The highest BCUT2D eigenvalue weighted by atomic mass is 16.3. The smallest absolute Gasteiger partial charge is 0.150 e. The highest BCUT2D eigenvalue weighted by molar-refractivity contribution is 6.00. The monoisotopic (exact) mass is 324 g/mol. The summed E-state index contributed by atoms with van der Waals surface area (Å²) < 4.78 is 2.13. The fourth-order valence-electron chi connectivity index (χ4n) is 3.60. The lowest BCUT2D eigenvalue weighted by atomic mass is 10.1. The van der Waals surface area contributed by atoms with Crippen molar-refractivity contribution in [2.24, 2.45) is 0 Å². The molecule has 0 fully saturated rings. The molecule has 1 N–H and O–H groups in total. The van der Waals surface area contributed by atoms with Crippen LogP contribution in [0.5, 0.6) is 5.75 Å². The molecule has 0 radical (unpaired) electrons. The molecule has 0 aliphatic carbocycles. The fourth-order valence-corrected chi connectivity index (χ4v) is 3.60. The Morgan fingerprint density at radius 2 is 1.44 bits per heavy atom. The maximum absolute atomic E-state index is 10.9. The van der Waals surface area contributed by atoms with Crippen LogP contribution in [-0.4, -0.2) is 14.5 Å². The predicted molar refractivity (Wildman–Crippen MR) is 101 cm³/mol. The van der Waals surface area contributed by atoms with Crippen molar-refractivity contribution in [2.75, 3.05) is 0 Å². The van der Waals surface area contributed by atoms with Gasteiger partial charge in [-0.05, 0) is 29.8 Å². The number of rotatable bonds is 2. The summed E-state index contributed by atoms with van der Waals surface area (Å²) in [5, 5.41) is 11.8. The van der Waals surface area contributed by atoms with Crippen LogP contribution in [0.2, 0.25) is 0 Å². The molecule has 0 saturated carbocycles. The molecule has 0 spiro atoms. The van der Waals surface area contributed by atoms with Gasteiger partial charge in [0, 0.05) is 11.8 Å². The van der Waals surface area contributed by atoms with Crippen LogP contribution in [0.3, 0.4) is 0 Å². The maximum atomic E-state index is 10.9. The van der Waals surface area contributed by atoms with E-state index in [9.17, 15) is 5.11 Å². The van der Waals surface area contributed by atoms with Gasteiger partial charge in [-0.3, -0.25) is 0 Å². The van der Waals surface area contributed by atoms with Crippen molar-refractivity contribution >= 4 is 27.5 Å². The van der Waals surface area contributed by atoms with E-state index in [2.05, 4.69) is 16.5 Å². The van der Waals surface area contributed by atoms with Crippen molar-refractivity contribution in [3.05, 3.63) is 90.1 Å². The zero-order valence-electron chi connectivity index (χ0n) is 13.6. The van der Waals surface area contributed by atoms with Crippen LogP contribution in [0.1, 0.15) is 11.3 Å². The lowest BCUT2D eigenvalue weighted by molar-refractivity contribution is 0.487. The molecule has 2 heterocycles. The van der Waals surface area contributed by atoms with Gasteiger partial charge >= 0.3 is 0 Å². The van der Waals surface area contributed by atoms with Gasteiger partial charge in [-0.1, -0.05) is 54.6 Å². The van der Waals surface area contributed by atoms with Gasteiger partial charge in [-0.2, -0.15) is 0 Å².